The number of rotatable bonds is 6. The van der Waals surface area contributed by atoms with Crippen LogP contribution >= 0.6 is 0 Å². The molecule has 0 aromatic carbocycles. The first-order chi connectivity index (χ1) is 25.0. The molecule has 0 radical (unpaired) electrons. The van der Waals surface area contributed by atoms with Gasteiger partial charge in [-0.3, -0.25) is 14.5 Å². The molecule has 2 N–H and O–H groups in total. The van der Waals surface area contributed by atoms with Crippen molar-refractivity contribution < 1.29 is 19.4 Å². The van der Waals surface area contributed by atoms with Crippen molar-refractivity contribution in [1.82, 2.24) is 24.0 Å². The number of hydrogen-bond acceptors (Lipinski definition) is 9. The fourth-order valence-electron chi connectivity index (χ4n) is 8.00. The smallest absolute Gasteiger partial charge is 0.410 e. The summed E-state index contributed by atoms with van der Waals surface area (Å²) in [5.41, 5.74) is 5.61. The molecule has 13 nitrogen and oxygen atoms in total. The number of aliphatic hydroxyl groups is 1. The number of carbonyl (C=O) groups excluding carboxylic acids is 2. The van der Waals surface area contributed by atoms with Crippen LogP contribution < -0.4 is 20.7 Å². The van der Waals surface area contributed by atoms with E-state index in [1.807, 2.05) is 39.0 Å². The second-order valence-electron chi connectivity index (χ2n) is 16.5. The topological polar surface area (TPSA) is 138 Å². The van der Waals surface area contributed by atoms with E-state index in [0.29, 0.717) is 72.4 Å². The molecule has 0 saturated carbocycles. The third-order valence-electron chi connectivity index (χ3n) is 10.4. The van der Waals surface area contributed by atoms with Crippen molar-refractivity contribution in [2.75, 3.05) is 41.3 Å². The first-order valence-corrected chi connectivity index (χ1v) is 18.4. The van der Waals surface area contributed by atoms with Gasteiger partial charge in [0.2, 0.25) is 0 Å². The molecule has 2 atom stereocenters. The second-order valence-corrected chi connectivity index (χ2v) is 16.5. The van der Waals surface area contributed by atoms with Gasteiger partial charge >= 0.3 is 6.09 Å². The molecule has 4 aromatic rings. The van der Waals surface area contributed by atoms with Gasteiger partial charge in [0.15, 0.2) is 0 Å². The zero-order valence-electron chi connectivity index (χ0n) is 31.9. The highest BCUT2D eigenvalue weighted by molar-refractivity contribution is 6.06. The van der Waals surface area contributed by atoms with Crippen molar-refractivity contribution in [2.24, 2.45) is 12.5 Å². The molecule has 6 heterocycles. The molecule has 0 bridgehead atoms. The van der Waals surface area contributed by atoms with Crippen LogP contribution in [0.15, 0.2) is 53.7 Å². The Kier molecular flexibility index (Phi) is 9.12. The number of aliphatic hydroxyl groups excluding tert-OH is 1. The van der Waals surface area contributed by atoms with Gasteiger partial charge in [-0.1, -0.05) is 13.8 Å². The molecular weight excluding hydrogens is 672 g/mol. The number of nitrogens with one attached hydrogen (secondary N) is 1. The van der Waals surface area contributed by atoms with Crippen molar-refractivity contribution in [3.63, 3.8) is 0 Å². The summed E-state index contributed by atoms with van der Waals surface area (Å²) in [5, 5.41) is 14.4. The summed E-state index contributed by atoms with van der Waals surface area (Å²) in [6.45, 7) is 16.6. The Labute approximate surface area is 310 Å². The monoisotopic (exact) mass is 722 g/mol. The lowest BCUT2D eigenvalue weighted by Crippen LogP contribution is -2.54. The molecule has 0 unspecified atom stereocenters. The van der Waals surface area contributed by atoms with Gasteiger partial charge in [0.1, 0.15) is 28.6 Å². The number of hydrogen-bond donors (Lipinski definition) is 2. The van der Waals surface area contributed by atoms with Crippen molar-refractivity contribution in [1.29, 1.82) is 0 Å². The first kappa shape index (κ1) is 36.2. The normalized spacial score (nSPS) is 18.8. The average molecular weight is 723 g/mol. The van der Waals surface area contributed by atoms with Gasteiger partial charge in [0.05, 0.1) is 18.0 Å². The average Bonchev–Trinajstić information content (AvgIpc) is 3.58. The number of aryl methyl sites for hydroxylation is 1. The molecule has 4 aromatic heterocycles. The van der Waals surface area contributed by atoms with Crippen LogP contribution in [0.5, 0.6) is 0 Å². The Morgan fingerprint density at radius 1 is 1.06 bits per heavy atom. The van der Waals surface area contributed by atoms with E-state index in [4.69, 9.17) is 4.74 Å². The van der Waals surface area contributed by atoms with Crippen LogP contribution in [-0.2, 0) is 31.2 Å². The molecule has 13 heteroatoms. The van der Waals surface area contributed by atoms with Crippen LogP contribution in [0.2, 0.25) is 0 Å². The lowest BCUT2D eigenvalue weighted by molar-refractivity contribution is 0.0218. The lowest BCUT2D eigenvalue weighted by atomic mass is 9.90. The molecule has 2 aliphatic heterocycles. The molecule has 0 spiro atoms. The summed E-state index contributed by atoms with van der Waals surface area (Å²) in [5.74, 6) is 0.773. The number of piperazine rings is 1. The predicted octanol–water partition coefficient (Wildman–Crippen LogP) is 5.67. The summed E-state index contributed by atoms with van der Waals surface area (Å²) in [6, 6.07) is 9.41. The zero-order chi connectivity index (χ0) is 38.0. The fraction of sp³-hybridized carbons (Fsp3) is 0.475. The summed E-state index contributed by atoms with van der Waals surface area (Å²) >= 11 is 0. The molecule has 53 heavy (non-hydrogen) atoms. The molecular formula is C40H50N8O5. The molecule has 3 aliphatic rings. The fourth-order valence-corrected chi connectivity index (χ4v) is 8.00. The van der Waals surface area contributed by atoms with Gasteiger partial charge in [-0.25, -0.2) is 14.8 Å². The van der Waals surface area contributed by atoms with Crippen LogP contribution in [0.25, 0.3) is 11.1 Å². The maximum atomic E-state index is 14.0. The minimum absolute atomic E-state index is 0.0492. The Hall–Kier alpha value is -5.17. The standard InChI is InChI=1S/C40H50N8O5/c1-24-22-45(38(52)53-39(3,4)5)13-14-46(24)28-9-10-33(42-21-28)43-30-17-27(23-44(8)36(30)50)29-11-12-41-35(34(29)25(2)49)48-16-15-47-31(37(48)51)18-26-19-40(6,7)20-32(26)47/h9-12,17-18,21,23-25,49H,13-16,19-20,22H2,1-8H3,(H,42,43)/t24-,25-/m0/s1. The van der Waals surface area contributed by atoms with Gasteiger partial charge in [0, 0.05) is 75.0 Å². The van der Waals surface area contributed by atoms with Crippen LogP contribution in [-0.4, -0.2) is 78.9 Å². The van der Waals surface area contributed by atoms with E-state index in [-0.39, 0.29) is 29.0 Å². The van der Waals surface area contributed by atoms with Gasteiger partial charge in [-0.15, -0.1) is 0 Å². The van der Waals surface area contributed by atoms with E-state index in [2.05, 4.69) is 45.5 Å². The zero-order valence-corrected chi connectivity index (χ0v) is 31.9. The molecule has 7 rings (SSSR count). The third-order valence-corrected chi connectivity index (χ3v) is 10.4. The molecule has 1 fully saturated rings. The highest BCUT2D eigenvalue weighted by Crippen LogP contribution is 2.41. The van der Waals surface area contributed by atoms with Crippen molar-refractivity contribution in [2.45, 2.75) is 85.6 Å². The Morgan fingerprint density at radius 2 is 1.83 bits per heavy atom. The number of nitrogens with zero attached hydrogens (tertiary/aromatic N) is 7. The van der Waals surface area contributed by atoms with Crippen molar-refractivity contribution in [3.8, 4) is 11.1 Å². The van der Waals surface area contributed by atoms with E-state index in [9.17, 15) is 19.5 Å². The van der Waals surface area contributed by atoms with Crippen LogP contribution in [0.1, 0.15) is 81.9 Å². The Morgan fingerprint density at radius 3 is 2.51 bits per heavy atom. The number of carbonyl (C=O) groups is 2. The van der Waals surface area contributed by atoms with Crippen LogP contribution in [0, 0.1) is 5.41 Å². The Bertz CT molecular complexity index is 2130. The van der Waals surface area contributed by atoms with E-state index in [0.717, 1.165) is 18.5 Å². The van der Waals surface area contributed by atoms with Crippen molar-refractivity contribution >= 4 is 35.0 Å². The molecule has 1 saturated heterocycles. The van der Waals surface area contributed by atoms with Crippen molar-refractivity contribution in [3.05, 3.63) is 81.8 Å². The number of anilines is 4. The van der Waals surface area contributed by atoms with E-state index >= 15 is 0 Å². The third kappa shape index (κ3) is 7.01. The Balaban J connectivity index is 1.12. The minimum atomic E-state index is -0.947. The number of aromatic nitrogens is 4. The quantitative estimate of drug-likeness (QED) is 0.258. The van der Waals surface area contributed by atoms with Crippen LogP contribution in [0.3, 0.4) is 0 Å². The predicted molar refractivity (Wildman–Crippen MR) is 205 cm³/mol. The minimum Gasteiger partial charge on any atom is -0.444 e. The summed E-state index contributed by atoms with van der Waals surface area (Å²) in [6.07, 6.45) is 5.76. The van der Waals surface area contributed by atoms with E-state index in [1.54, 1.807) is 54.5 Å². The van der Waals surface area contributed by atoms with Crippen LogP contribution in [0.4, 0.5) is 27.8 Å². The largest absolute Gasteiger partial charge is 0.444 e. The van der Waals surface area contributed by atoms with E-state index < -0.39 is 11.7 Å². The maximum absolute atomic E-state index is 14.0. The molecule has 1 aliphatic carbocycles. The first-order valence-electron chi connectivity index (χ1n) is 18.4. The maximum Gasteiger partial charge on any atom is 0.410 e. The highest BCUT2D eigenvalue weighted by Gasteiger charge is 2.38. The summed E-state index contributed by atoms with van der Waals surface area (Å²) in [7, 11) is 1.68. The summed E-state index contributed by atoms with van der Waals surface area (Å²) in [4.78, 5) is 54.9. The number of ether oxygens (including phenoxy) is 1. The van der Waals surface area contributed by atoms with E-state index in [1.165, 1.54) is 15.8 Å². The van der Waals surface area contributed by atoms with Gasteiger partial charge in [-0.2, -0.15) is 0 Å². The highest BCUT2D eigenvalue weighted by atomic mass is 16.6. The second kappa shape index (κ2) is 13.4. The number of pyridine rings is 3. The summed E-state index contributed by atoms with van der Waals surface area (Å²) < 4.78 is 9.22. The van der Waals surface area contributed by atoms with Gasteiger partial charge < -0.3 is 34.1 Å². The van der Waals surface area contributed by atoms with Gasteiger partial charge in [-0.05, 0) is 94.3 Å². The number of amides is 2. The van der Waals surface area contributed by atoms with Gasteiger partial charge in [0.25, 0.3) is 11.5 Å². The molecule has 2 amide bonds. The SMILES string of the molecule is C[C@H](O)c1c(-c2cc(Nc3ccc(N4CCN(C(=O)OC(C)(C)C)C[C@@H]4C)cn3)c(=O)n(C)c2)ccnc1N1CCn2c(cc3c2CC(C)(C)C3)C1=O. The lowest BCUT2D eigenvalue weighted by Gasteiger charge is -2.41. The number of fused-ring (bicyclic) bond motifs is 3. The molecule has 280 valence electrons.